The third kappa shape index (κ3) is 3.99. The van der Waals surface area contributed by atoms with E-state index >= 15 is 0 Å². The maximum atomic E-state index is 13.0. The standard InChI is InChI=1S/C21H22BrN3O3/c22-15-6-7-16(23)17(10-15)24-19(26)18-11-21(8-9-21)13-25(18)20(27)28-12-14-4-2-1-3-5-14/h1-7,10,18H,8-9,11-13,23H2,(H,24,26)/t18-/m0/s1. The number of nitrogen functional groups attached to an aromatic ring is 1. The van der Waals surface area contributed by atoms with Crippen LogP contribution in [0.1, 0.15) is 24.8 Å². The van der Waals surface area contributed by atoms with Crippen LogP contribution in [0.25, 0.3) is 0 Å². The van der Waals surface area contributed by atoms with Crippen molar-refractivity contribution in [2.24, 2.45) is 5.41 Å². The normalized spacial score (nSPS) is 19.5. The summed E-state index contributed by atoms with van der Waals surface area (Å²) in [6, 6.07) is 14.3. The van der Waals surface area contributed by atoms with E-state index in [1.807, 2.05) is 36.4 Å². The van der Waals surface area contributed by atoms with Crippen molar-refractivity contribution in [1.82, 2.24) is 4.90 Å². The van der Waals surface area contributed by atoms with Gasteiger partial charge in [-0.05, 0) is 48.4 Å². The molecule has 1 spiro atoms. The quantitative estimate of drug-likeness (QED) is 0.694. The number of carbonyl (C=O) groups is 2. The highest BCUT2D eigenvalue weighted by Crippen LogP contribution is 2.55. The Morgan fingerprint density at radius 3 is 2.68 bits per heavy atom. The Bertz CT molecular complexity index is 899. The molecular formula is C21H22BrN3O3. The smallest absolute Gasteiger partial charge is 0.410 e. The average Bonchev–Trinajstić information content (AvgIpc) is 3.33. The van der Waals surface area contributed by atoms with Crippen LogP contribution in [0.5, 0.6) is 0 Å². The first kappa shape index (κ1) is 18.8. The van der Waals surface area contributed by atoms with E-state index in [9.17, 15) is 9.59 Å². The molecule has 1 aliphatic heterocycles. The van der Waals surface area contributed by atoms with Crippen molar-refractivity contribution in [1.29, 1.82) is 0 Å². The highest BCUT2D eigenvalue weighted by atomic mass is 79.9. The number of hydrogen-bond acceptors (Lipinski definition) is 4. The Morgan fingerprint density at radius 1 is 1.21 bits per heavy atom. The van der Waals surface area contributed by atoms with Crippen molar-refractivity contribution in [2.45, 2.75) is 31.9 Å². The Kier molecular flexibility index (Phi) is 5.02. The Labute approximate surface area is 172 Å². The maximum absolute atomic E-state index is 13.0. The average molecular weight is 444 g/mol. The molecule has 2 aromatic rings. The van der Waals surface area contributed by atoms with Crippen LogP contribution in [0.15, 0.2) is 53.0 Å². The lowest BCUT2D eigenvalue weighted by Gasteiger charge is -2.23. The molecule has 0 radical (unpaired) electrons. The van der Waals surface area contributed by atoms with Gasteiger partial charge >= 0.3 is 6.09 Å². The zero-order valence-electron chi connectivity index (χ0n) is 15.4. The molecule has 2 amide bonds. The highest BCUT2D eigenvalue weighted by Gasteiger charge is 2.55. The van der Waals surface area contributed by atoms with Crippen LogP contribution in [0.3, 0.4) is 0 Å². The molecule has 0 unspecified atom stereocenters. The molecule has 4 rings (SSSR count). The molecule has 0 bridgehead atoms. The van der Waals surface area contributed by atoms with Gasteiger partial charge in [-0.25, -0.2) is 4.79 Å². The summed E-state index contributed by atoms with van der Waals surface area (Å²) in [5, 5.41) is 2.87. The number of halogens is 1. The SMILES string of the molecule is Nc1ccc(Br)cc1NC(=O)[C@@H]1CC2(CC2)CN1C(=O)OCc1ccccc1. The van der Waals surface area contributed by atoms with E-state index in [0.29, 0.717) is 24.3 Å². The van der Waals surface area contributed by atoms with Crippen molar-refractivity contribution in [3.05, 3.63) is 58.6 Å². The second-order valence-corrected chi connectivity index (χ2v) is 8.52. The lowest BCUT2D eigenvalue weighted by atomic mass is 10.0. The monoisotopic (exact) mass is 443 g/mol. The van der Waals surface area contributed by atoms with E-state index < -0.39 is 12.1 Å². The Balaban J connectivity index is 1.45. The number of nitrogens with two attached hydrogens (primary N) is 1. The van der Waals surface area contributed by atoms with Crippen molar-refractivity contribution in [2.75, 3.05) is 17.6 Å². The Hall–Kier alpha value is -2.54. The van der Waals surface area contributed by atoms with Crippen LogP contribution in [0.4, 0.5) is 16.2 Å². The van der Waals surface area contributed by atoms with E-state index in [2.05, 4.69) is 21.2 Å². The van der Waals surface area contributed by atoms with Crippen molar-refractivity contribution < 1.29 is 14.3 Å². The fraction of sp³-hybridized carbons (Fsp3) is 0.333. The molecule has 1 saturated carbocycles. The van der Waals surface area contributed by atoms with Gasteiger partial charge < -0.3 is 15.8 Å². The molecule has 28 heavy (non-hydrogen) atoms. The number of hydrogen-bond donors (Lipinski definition) is 2. The third-order valence-corrected chi connectivity index (χ3v) is 5.97. The number of nitrogens with zero attached hydrogens (tertiary/aromatic N) is 1. The van der Waals surface area contributed by atoms with E-state index in [0.717, 1.165) is 22.9 Å². The predicted octanol–water partition coefficient (Wildman–Crippen LogP) is 4.16. The van der Waals surface area contributed by atoms with Crippen LogP contribution in [-0.4, -0.2) is 29.5 Å². The molecule has 2 aromatic carbocycles. The summed E-state index contributed by atoms with van der Waals surface area (Å²) in [4.78, 5) is 27.2. The van der Waals surface area contributed by atoms with Gasteiger partial charge in [-0.15, -0.1) is 0 Å². The van der Waals surface area contributed by atoms with E-state index in [1.165, 1.54) is 0 Å². The molecule has 1 saturated heterocycles. The molecule has 0 aromatic heterocycles. The number of likely N-dealkylation sites (tertiary alicyclic amines) is 1. The van der Waals surface area contributed by atoms with Gasteiger partial charge in [0.05, 0.1) is 11.4 Å². The van der Waals surface area contributed by atoms with Crippen LogP contribution >= 0.6 is 15.9 Å². The summed E-state index contributed by atoms with van der Waals surface area (Å²) in [7, 11) is 0. The molecule has 6 nitrogen and oxygen atoms in total. The predicted molar refractivity (Wildman–Crippen MR) is 111 cm³/mol. The number of amides is 2. The number of rotatable bonds is 4. The molecule has 1 aliphatic carbocycles. The number of benzene rings is 2. The van der Waals surface area contributed by atoms with Gasteiger partial charge in [0.25, 0.3) is 0 Å². The minimum atomic E-state index is -0.552. The van der Waals surface area contributed by atoms with Gasteiger partial charge in [-0.3, -0.25) is 9.69 Å². The molecule has 1 heterocycles. The van der Waals surface area contributed by atoms with Gasteiger partial charge in [0, 0.05) is 11.0 Å². The number of nitrogens with one attached hydrogen (secondary N) is 1. The second-order valence-electron chi connectivity index (χ2n) is 7.61. The molecule has 3 N–H and O–H groups in total. The third-order valence-electron chi connectivity index (χ3n) is 5.48. The van der Waals surface area contributed by atoms with E-state index in [1.54, 1.807) is 17.0 Å². The fourth-order valence-corrected chi connectivity index (χ4v) is 4.04. The minimum Gasteiger partial charge on any atom is -0.445 e. The number of carbonyl (C=O) groups excluding carboxylic acids is 2. The van der Waals surface area contributed by atoms with Gasteiger partial charge in [-0.2, -0.15) is 0 Å². The lowest BCUT2D eigenvalue weighted by Crippen LogP contribution is -2.43. The molecule has 146 valence electrons. The van der Waals surface area contributed by atoms with Crippen molar-refractivity contribution >= 4 is 39.3 Å². The van der Waals surface area contributed by atoms with Gasteiger partial charge in [0.2, 0.25) is 5.91 Å². The molecule has 7 heteroatoms. The van der Waals surface area contributed by atoms with E-state index in [4.69, 9.17) is 10.5 Å². The summed E-state index contributed by atoms with van der Waals surface area (Å²) in [5.41, 5.74) is 7.97. The number of anilines is 2. The summed E-state index contributed by atoms with van der Waals surface area (Å²) in [5.74, 6) is -0.231. The van der Waals surface area contributed by atoms with Crippen molar-refractivity contribution in [3.8, 4) is 0 Å². The summed E-state index contributed by atoms with van der Waals surface area (Å²) >= 11 is 3.38. The highest BCUT2D eigenvalue weighted by molar-refractivity contribution is 9.10. The first-order valence-corrected chi connectivity index (χ1v) is 10.1. The van der Waals surface area contributed by atoms with Crippen LogP contribution in [0.2, 0.25) is 0 Å². The summed E-state index contributed by atoms with van der Waals surface area (Å²) in [6.45, 7) is 0.753. The van der Waals surface area contributed by atoms with Crippen molar-refractivity contribution in [3.63, 3.8) is 0 Å². The summed E-state index contributed by atoms with van der Waals surface area (Å²) < 4.78 is 6.30. The zero-order valence-corrected chi connectivity index (χ0v) is 16.9. The minimum absolute atomic E-state index is 0.0661. The van der Waals surface area contributed by atoms with Gasteiger partial charge in [0.15, 0.2) is 0 Å². The maximum Gasteiger partial charge on any atom is 0.410 e. The van der Waals surface area contributed by atoms with Crippen LogP contribution in [-0.2, 0) is 16.1 Å². The molecule has 2 aliphatic rings. The fourth-order valence-electron chi connectivity index (χ4n) is 3.68. The first-order chi connectivity index (χ1) is 13.5. The lowest BCUT2D eigenvalue weighted by molar-refractivity contribution is -0.120. The number of ether oxygens (including phenoxy) is 1. The molecular weight excluding hydrogens is 422 g/mol. The largest absolute Gasteiger partial charge is 0.445 e. The molecule has 1 atom stereocenters. The van der Waals surface area contributed by atoms with E-state index in [-0.39, 0.29) is 17.9 Å². The van der Waals surface area contributed by atoms with Crippen LogP contribution < -0.4 is 11.1 Å². The second kappa shape index (κ2) is 7.47. The zero-order chi connectivity index (χ0) is 19.7. The van der Waals surface area contributed by atoms with Crippen LogP contribution in [0, 0.1) is 5.41 Å². The first-order valence-electron chi connectivity index (χ1n) is 9.29. The summed E-state index contributed by atoms with van der Waals surface area (Å²) in [6.07, 6.45) is 2.29. The topological polar surface area (TPSA) is 84.7 Å². The van der Waals surface area contributed by atoms with Gasteiger partial charge in [0.1, 0.15) is 12.6 Å². The Morgan fingerprint density at radius 2 is 1.96 bits per heavy atom. The molecule has 2 fully saturated rings. The van der Waals surface area contributed by atoms with Gasteiger partial charge in [-0.1, -0.05) is 46.3 Å².